The van der Waals surface area contributed by atoms with Crippen molar-refractivity contribution in [3.63, 3.8) is 0 Å². The van der Waals surface area contributed by atoms with E-state index in [0.717, 1.165) is 0 Å². The minimum atomic E-state index is -0.993. The molecule has 0 aliphatic heterocycles. The SMILES string of the molecule is [2H]c1c([2H])c(-c2c([2H])c([2H])c3c([2H])c([2H])c([2H])c([2H])c3c2[2H])c([2H])c(-c2c3c([2H])c([2H])c([2H])c([2H])c3c(-c3cccc4oc5c([2H])c([2H])c([2H])c([2H])c5c34)c3c([2H])c([2H])c([2H])c([2H])c23)c1[2H]. The molecule has 1 heteroatoms. The van der Waals surface area contributed by atoms with Crippen molar-refractivity contribution in [2.75, 3.05) is 0 Å². The number of para-hydroxylation sites is 1. The normalized spacial score (nSPS) is 19.2. The molecule has 0 bridgehead atoms. The second kappa shape index (κ2) is 9.44. The van der Waals surface area contributed by atoms with Crippen LogP contribution in [0, 0.1) is 0 Å². The minimum Gasteiger partial charge on any atom is -0.456 e. The fourth-order valence-corrected chi connectivity index (χ4v) is 5.39. The Morgan fingerprint density at radius 3 is 1.79 bits per heavy atom. The van der Waals surface area contributed by atoms with Crippen LogP contribution < -0.4 is 0 Å². The third-order valence-corrected chi connectivity index (χ3v) is 7.16. The van der Waals surface area contributed by atoms with Gasteiger partial charge in [0.25, 0.3) is 0 Å². The van der Waals surface area contributed by atoms with Crippen molar-refractivity contribution in [1.82, 2.24) is 0 Å². The molecule has 0 radical (unpaired) electrons. The fraction of sp³-hybridized carbons (Fsp3) is 0. The lowest BCUT2D eigenvalue weighted by Gasteiger charge is -2.18. The van der Waals surface area contributed by atoms with Gasteiger partial charge in [-0.25, -0.2) is 0 Å². The Morgan fingerprint density at radius 2 is 1.02 bits per heavy atom. The molecule has 0 atom stereocenters. The van der Waals surface area contributed by atoms with E-state index in [4.69, 9.17) is 26.3 Å². The van der Waals surface area contributed by atoms with E-state index < -0.39 is 194 Å². The second-order valence-corrected chi connectivity index (χ2v) is 9.48. The first kappa shape index (κ1) is 10.6. The van der Waals surface area contributed by atoms with E-state index in [1.165, 1.54) is 18.2 Å². The predicted octanol–water partition coefficient (Wildman–Crippen LogP) is 12.0. The highest BCUT2D eigenvalue weighted by Gasteiger charge is 2.20. The fourth-order valence-electron chi connectivity index (χ4n) is 5.39. The van der Waals surface area contributed by atoms with Gasteiger partial charge >= 0.3 is 0 Å². The molecule has 0 aliphatic carbocycles. The van der Waals surface area contributed by atoms with Crippen molar-refractivity contribution in [2.45, 2.75) is 0 Å². The van der Waals surface area contributed by atoms with Gasteiger partial charge in [-0.2, -0.15) is 0 Å². The minimum absolute atomic E-state index is 0.0299. The molecule has 0 N–H and O–H groups in total. The van der Waals surface area contributed by atoms with Crippen molar-refractivity contribution in [1.29, 1.82) is 0 Å². The molecule has 8 aromatic carbocycles. The molecule has 0 fully saturated rings. The van der Waals surface area contributed by atoms with Gasteiger partial charge in [0.1, 0.15) is 11.2 Å². The number of hydrogen-bond donors (Lipinski definition) is 0. The molecule has 0 spiro atoms. The molecular formula is C42H26O. The van der Waals surface area contributed by atoms with Crippen LogP contribution in [-0.4, -0.2) is 0 Å². The van der Waals surface area contributed by atoms with Gasteiger partial charge < -0.3 is 4.42 Å². The monoisotopic (exact) mass is 569 g/mol. The second-order valence-electron chi connectivity index (χ2n) is 9.48. The van der Waals surface area contributed by atoms with Crippen LogP contribution in [0.3, 0.4) is 0 Å². The van der Waals surface area contributed by atoms with Crippen LogP contribution in [0.1, 0.15) is 31.5 Å². The summed E-state index contributed by atoms with van der Waals surface area (Å²) in [6.07, 6.45) is 0. The van der Waals surface area contributed by atoms with E-state index in [0.29, 0.717) is 0 Å². The Balaban J connectivity index is 1.58. The summed E-state index contributed by atoms with van der Waals surface area (Å²) >= 11 is 0. The summed E-state index contributed by atoms with van der Waals surface area (Å²) in [6.45, 7) is 0. The highest BCUT2D eigenvalue weighted by Crippen LogP contribution is 2.47. The van der Waals surface area contributed by atoms with Gasteiger partial charge in [0.2, 0.25) is 0 Å². The summed E-state index contributed by atoms with van der Waals surface area (Å²) in [5.41, 5.74) is -3.59. The summed E-state index contributed by atoms with van der Waals surface area (Å²) in [7, 11) is 0. The maximum atomic E-state index is 9.74. The number of hydrogen-bond acceptors (Lipinski definition) is 1. The van der Waals surface area contributed by atoms with Gasteiger partial charge in [-0.05, 0) is 89.9 Å². The summed E-state index contributed by atoms with van der Waals surface area (Å²) in [5, 5.41) is -3.32. The van der Waals surface area contributed by atoms with E-state index in [1.807, 2.05) is 0 Å². The van der Waals surface area contributed by atoms with E-state index >= 15 is 0 Å². The predicted molar refractivity (Wildman–Crippen MR) is 183 cm³/mol. The van der Waals surface area contributed by atoms with Crippen molar-refractivity contribution < 1.29 is 35.9 Å². The van der Waals surface area contributed by atoms with E-state index in [-0.39, 0.29) is 33.1 Å². The first-order valence-electron chi connectivity index (χ1n) is 24.4. The standard InChI is InChI=1S/C42H26O/c1-2-12-28-25-30(24-23-27(28)11-1)29-13-9-14-31(26-29)40-32-15-3-5-17-34(32)41(35-18-6-4-16-33(35)40)37-20-10-22-39-42(37)36-19-7-8-21-38(36)43-39/h1-26H/i1D,2D,3D,4D,5D,6D,7D,8D,9D,11D,12D,13D,14D,15D,16D,17D,18D,19D,21D,23D,24D,25D,26D. The third-order valence-electron chi connectivity index (χ3n) is 7.16. The summed E-state index contributed by atoms with van der Waals surface area (Å²) in [6, 6.07) is -14.5. The highest BCUT2D eigenvalue weighted by molar-refractivity contribution is 6.25. The van der Waals surface area contributed by atoms with E-state index in [1.54, 1.807) is 0 Å². The van der Waals surface area contributed by atoms with Crippen molar-refractivity contribution in [2.24, 2.45) is 0 Å². The summed E-state index contributed by atoms with van der Waals surface area (Å²) < 4.78 is 211. The molecule has 200 valence electrons. The van der Waals surface area contributed by atoms with Crippen molar-refractivity contribution in [3.05, 3.63) is 157 Å². The maximum Gasteiger partial charge on any atom is 0.136 e. The highest BCUT2D eigenvalue weighted by atomic mass is 16.3. The summed E-state index contributed by atoms with van der Waals surface area (Å²) in [5.74, 6) is 0. The zero-order chi connectivity index (χ0) is 48.3. The van der Waals surface area contributed by atoms with E-state index in [2.05, 4.69) is 0 Å². The Morgan fingerprint density at radius 1 is 0.419 bits per heavy atom. The lowest BCUT2D eigenvalue weighted by atomic mass is 9.84. The molecule has 0 saturated heterocycles. The number of benzene rings is 8. The lowest BCUT2D eigenvalue weighted by Crippen LogP contribution is -1.91. The molecule has 0 unspecified atom stereocenters. The van der Waals surface area contributed by atoms with Crippen LogP contribution >= 0.6 is 0 Å². The van der Waals surface area contributed by atoms with Crippen LogP contribution in [0.25, 0.3) is 87.6 Å². The van der Waals surface area contributed by atoms with Gasteiger partial charge in [-0.3, -0.25) is 0 Å². The number of fused-ring (bicyclic) bond motifs is 6. The third kappa shape index (κ3) is 3.72. The molecule has 0 amide bonds. The van der Waals surface area contributed by atoms with Gasteiger partial charge in [-0.15, -0.1) is 0 Å². The Hall–Kier alpha value is -5.66. The first-order valence-corrected chi connectivity index (χ1v) is 12.9. The van der Waals surface area contributed by atoms with Crippen molar-refractivity contribution in [3.8, 4) is 33.4 Å². The first-order chi connectivity index (χ1) is 30.9. The molecule has 0 aliphatic rings. The maximum absolute atomic E-state index is 9.74. The van der Waals surface area contributed by atoms with Crippen LogP contribution in [-0.2, 0) is 0 Å². The molecule has 43 heavy (non-hydrogen) atoms. The number of rotatable bonds is 3. The molecule has 1 nitrogen and oxygen atoms in total. The van der Waals surface area contributed by atoms with E-state index in [9.17, 15) is 9.60 Å². The Kier molecular flexibility index (Phi) is 2.32. The number of furan rings is 1. The van der Waals surface area contributed by atoms with Gasteiger partial charge in [0.05, 0.1) is 31.5 Å². The van der Waals surface area contributed by atoms with Crippen LogP contribution in [0.2, 0.25) is 0 Å². The molecule has 9 rings (SSSR count). The average molecular weight is 570 g/mol. The van der Waals surface area contributed by atoms with Crippen LogP contribution in [0.5, 0.6) is 0 Å². The largest absolute Gasteiger partial charge is 0.456 e. The average Bonchev–Trinajstić information content (AvgIpc) is 3.70. The van der Waals surface area contributed by atoms with Crippen LogP contribution in [0.15, 0.2) is 162 Å². The van der Waals surface area contributed by atoms with Gasteiger partial charge in [0.15, 0.2) is 0 Å². The molecule has 9 aromatic rings. The molecular weight excluding hydrogens is 520 g/mol. The zero-order valence-electron chi connectivity index (χ0n) is 44.6. The summed E-state index contributed by atoms with van der Waals surface area (Å²) in [4.78, 5) is 0. The van der Waals surface area contributed by atoms with Crippen LogP contribution in [0.4, 0.5) is 0 Å². The Labute approximate surface area is 281 Å². The van der Waals surface area contributed by atoms with Crippen molar-refractivity contribution >= 4 is 54.3 Å². The van der Waals surface area contributed by atoms with Gasteiger partial charge in [0, 0.05) is 10.8 Å². The molecule has 1 aromatic heterocycles. The quantitative estimate of drug-likeness (QED) is 0.193. The Bertz CT molecular complexity index is 3720. The zero-order valence-corrected chi connectivity index (χ0v) is 21.6. The van der Waals surface area contributed by atoms with Gasteiger partial charge in [-0.1, -0.05) is 133 Å². The lowest BCUT2D eigenvalue weighted by molar-refractivity contribution is 0.669. The molecule has 1 heterocycles. The topological polar surface area (TPSA) is 13.1 Å². The smallest absolute Gasteiger partial charge is 0.136 e. The molecule has 0 saturated carbocycles.